The van der Waals surface area contributed by atoms with Gasteiger partial charge in [0, 0.05) is 26.2 Å². The topological polar surface area (TPSA) is 104 Å². The van der Waals surface area contributed by atoms with Crippen molar-refractivity contribution in [2.75, 3.05) is 26.2 Å². The first kappa shape index (κ1) is 16.8. The first-order valence-corrected chi connectivity index (χ1v) is 10.4. The highest BCUT2D eigenvalue weighted by atomic mass is 32.2. The first-order chi connectivity index (χ1) is 11.9. The molecule has 0 saturated carbocycles. The molecule has 2 fully saturated rings. The minimum Gasteiger partial charge on any atom is -0.353 e. The van der Waals surface area contributed by atoms with Crippen LogP contribution in [0.3, 0.4) is 0 Å². The maximum absolute atomic E-state index is 13.2. The van der Waals surface area contributed by atoms with Gasteiger partial charge in [0.05, 0.1) is 11.7 Å². The lowest BCUT2D eigenvalue weighted by Crippen LogP contribution is -2.66. The Balaban J connectivity index is 1.65. The van der Waals surface area contributed by atoms with Crippen LogP contribution in [0.2, 0.25) is 0 Å². The molecule has 2 saturated heterocycles. The zero-order chi connectivity index (χ0) is 17.7. The lowest BCUT2D eigenvalue weighted by molar-refractivity contribution is -0.131. The van der Waals surface area contributed by atoms with Gasteiger partial charge >= 0.3 is 0 Å². The highest BCUT2D eigenvalue weighted by Gasteiger charge is 2.45. The summed E-state index contributed by atoms with van der Waals surface area (Å²) >= 11 is 1.01. The predicted molar refractivity (Wildman–Crippen MR) is 93.9 cm³/mol. The summed E-state index contributed by atoms with van der Waals surface area (Å²) in [7, 11) is -3.68. The number of amides is 1. The van der Waals surface area contributed by atoms with E-state index in [2.05, 4.69) is 19.4 Å². The Morgan fingerprint density at radius 2 is 1.96 bits per heavy atom. The average molecular weight is 381 g/mol. The summed E-state index contributed by atoms with van der Waals surface area (Å²) in [4.78, 5) is 12.5. The number of piperidine rings is 1. The van der Waals surface area contributed by atoms with E-state index < -0.39 is 15.6 Å². The molecule has 1 aromatic carbocycles. The van der Waals surface area contributed by atoms with Gasteiger partial charge in [0.1, 0.15) is 21.5 Å². The number of hydrogen-bond acceptors (Lipinski definition) is 7. The molecule has 0 aliphatic carbocycles. The van der Waals surface area contributed by atoms with Crippen LogP contribution in [0.1, 0.15) is 18.4 Å². The summed E-state index contributed by atoms with van der Waals surface area (Å²) < 4.78 is 36.2. The Morgan fingerprint density at radius 3 is 2.68 bits per heavy atom. The standard InChI is InChI=1S/C15H19N5O3S2/c1-10-2-3-11-12(19-24-18-11)13(10)25(22,23)20-8-4-15(5-9-20)14(21)16-6-7-17-15/h2-3,17H,4-9H2,1H3,(H,16,21). The fourth-order valence-corrected chi connectivity index (χ4v) is 6.01. The number of carbonyl (C=O) groups is 1. The van der Waals surface area contributed by atoms with Crippen molar-refractivity contribution in [2.45, 2.75) is 30.2 Å². The molecule has 2 aliphatic heterocycles. The van der Waals surface area contributed by atoms with Crippen LogP contribution in [0.5, 0.6) is 0 Å². The first-order valence-electron chi connectivity index (χ1n) is 8.19. The van der Waals surface area contributed by atoms with E-state index in [4.69, 9.17) is 0 Å². The Hall–Kier alpha value is -1.62. The summed E-state index contributed by atoms with van der Waals surface area (Å²) in [6.07, 6.45) is 0.921. The van der Waals surface area contributed by atoms with Crippen LogP contribution < -0.4 is 10.6 Å². The van der Waals surface area contributed by atoms with Gasteiger partial charge in [0.2, 0.25) is 15.9 Å². The van der Waals surface area contributed by atoms with E-state index in [9.17, 15) is 13.2 Å². The van der Waals surface area contributed by atoms with Crippen molar-refractivity contribution in [3.05, 3.63) is 17.7 Å². The van der Waals surface area contributed by atoms with Gasteiger partial charge in [-0.05, 0) is 31.4 Å². The normalized spacial score (nSPS) is 21.6. The maximum Gasteiger partial charge on any atom is 0.245 e. The van der Waals surface area contributed by atoms with Gasteiger partial charge in [-0.1, -0.05) is 6.07 Å². The molecule has 0 radical (unpaired) electrons. The van der Waals surface area contributed by atoms with Crippen LogP contribution in [0.25, 0.3) is 11.0 Å². The number of piperazine rings is 1. The number of carbonyl (C=O) groups excluding carboxylic acids is 1. The Labute approximate surface area is 150 Å². The molecule has 0 bridgehead atoms. The van der Waals surface area contributed by atoms with Gasteiger partial charge in [-0.25, -0.2) is 8.42 Å². The lowest BCUT2D eigenvalue weighted by Gasteiger charge is -2.43. The van der Waals surface area contributed by atoms with E-state index in [0.717, 1.165) is 11.7 Å². The van der Waals surface area contributed by atoms with Crippen molar-refractivity contribution in [3.63, 3.8) is 0 Å². The summed E-state index contributed by atoms with van der Waals surface area (Å²) in [6.45, 7) is 3.70. The number of nitrogens with zero attached hydrogens (tertiary/aromatic N) is 3. The van der Waals surface area contributed by atoms with Crippen molar-refractivity contribution in [1.82, 2.24) is 23.7 Å². The number of benzene rings is 1. The average Bonchev–Trinajstić information content (AvgIpc) is 3.06. The molecule has 0 unspecified atom stereocenters. The quantitative estimate of drug-likeness (QED) is 0.772. The van der Waals surface area contributed by atoms with Crippen LogP contribution in [0.4, 0.5) is 0 Å². The second-order valence-electron chi connectivity index (χ2n) is 6.51. The third kappa shape index (κ3) is 2.64. The van der Waals surface area contributed by atoms with E-state index >= 15 is 0 Å². The molecule has 3 heterocycles. The van der Waals surface area contributed by atoms with Crippen LogP contribution >= 0.6 is 11.7 Å². The second-order valence-corrected chi connectivity index (χ2v) is 8.92. The highest BCUT2D eigenvalue weighted by molar-refractivity contribution is 7.89. The number of nitrogens with one attached hydrogen (secondary N) is 2. The van der Waals surface area contributed by atoms with E-state index in [1.165, 1.54) is 4.31 Å². The SMILES string of the molecule is Cc1ccc2nsnc2c1S(=O)(=O)N1CCC2(CC1)NCCNC2=O. The number of fused-ring (bicyclic) bond motifs is 1. The van der Waals surface area contributed by atoms with Gasteiger partial charge in [-0.15, -0.1) is 0 Å². The molecule has 2 N–H and O–H groups in total. The number of aromatic nitrogens is 2. The monoisotopic (exact) mass is 381 g/mol. The third-order valence-corrected chi connectivity index (χ3v) is 7.68. The Morgan fingerprint density at radius 1 is 1.20 bits per heavy atom. The summed E-state index contributed by atoms with van der Waals surface area (Å²) in [5.74, 6) is -0.0298. The van der Waals surface area contributed by atoms with E-state index in [1.807, 2.05) is 0 Å². The van der Waals surface area contributed by atoms with Gasteiger partial charge in [0.15, 0.2) is 0 Å². The van der Waals surface area contributed by atoms with Gasteiger partial charge < -0.3 is 10.6 Å². The molecule has 0 atom stereocenters. The Kier molecular flexibility index (Phi) is 4.02. The summed E-state index contributed by atoms with van der Waals surface area (Å²) in [5, 5.41) is 6.15. The molecule has 134 valence electrons. The molecule has 2 aromatic rings. The zero-order valence-corrected chi connectivity index (χ0v) is 15.4. The number of hydrogen-bond donors (Lipinski definition) is 2. The van der Waals surface area contributed by atoms with E-state index in [1.54, 1.807) is 19.1 Å². The van der Waals surface area contributed by atoms with Crippen LogP contribution in [0.15, 0.2) is 17.0 Å². The van der Waals surface area contributed by atoms with E-state index in [0.29, 0.717) is 55.6 Å². The largest absolute Gasteiger partial charge is 0.353 e. The van der Waals surface area contributed by atoms with Crippen LogP contribution in [0, 0.1) is 6.92 Å². The van der Waals surface area contributed by atoms with Crippen molar-refractivity contribution >= 4 is 38.7 Å². The highest BCUT2D eigenvalue weighted by Crippen LogP contribution is 2.32. The molecule has 4 rings (SSSR count). The molecule has 10 heteroatoms. The predicted octanol–water partition coefficient (Wildman–Crippen LogP) is 0.242. The minimum absolute atomic E-state index is 0.0298. The maximum atomic E-state index is 13.2. The molecule has 2 aliphatic rings. The van der Waals surface area contributed by atoms with Gasteiger partial charge in [0.25, 0.3) is 0 Å². The summed E-state index contributed by atoms with van der Waals surface area (Å²) in [6, 6.07) is 3.55. The van der Waals surface area contributed by atoms with Gasteiger partial charge in [-0.2, -0.15) is 13.1 Å². The molecule has 1 aromatic heterocycles. The van der Waals surface area contributed by atoms with Crippen molar-refractivity contribution in [2.24, 2.45) is 0 Å². The Bertz CT molecular complexity index is 932. The van der Waals surface area contributed by atoms with E-state index in [-0.39, 0.29) is 10.8 Å². The smallest absolute Gasteiger partial charge is 0.245 e. The molecular formula is C15H19N5O3S2. The third-order valence-electron chi connectivity index (χ3n) is 5.06. The van der Waals surface area contributed by atoms with Crippen LogP contribution in [-0.2, 0) is 14.8 Å². The molecular weight excluding hydrogens is 362 g/mol. The second kappa shape index (κ2) is 5.97. The molecule has 1 spiro atoms. The zero-order valence-electron chi connectivity index (χ0n) is 13.8. The summed E-state index contributed by atoms with van der Waals surface area (Å²) in [5.41, 5.74) is 1.04. The number of aryl methyl sites for hydroxylation is 1. The van der Waals surface area contributed by atoms with Crippen LogP contribution in [-0.4, -0.2) is 59.1 Å². The number of rotatable bonds is 2. The van der Waals surface area contributed by atoms with Crippen molar-refractivity contribution in [1.29, 1.82) is 0 Å². The molecule has 1 amide bonds. The lowest BCUT2D eigenvalue weighted by atomic mass is 9.86. The fourth-order valence-electron chi connectivity index (χ4n) is 3.62. The van der Waals surface area contributed by atoms with Crippen molar-refractivity contribution < 1.29 is 13.2 Å². The number of sulfonamides is 1. The molecule has 8 nitrogen and oxygen atoms in total. The van der Waals surface area contributed by atoms with Gasteiger partial charge in [-0.3, -0.25) is 4.79 Å². The fraction of sp³-hybridized carbons (Fsp3) is 0.533. The molecule has 25 heavy (non-hydrogen) atoms. The van der Waals surface area contributed by atoms with Crippen molar-refractivity contribution in [3.8, 4) is 0 Å². The minimum atomic E-state index is -3.68.